The molecule has 1 heterocycles. The number of benzene rings is 2. The maximum absolute atomic E-state index is 12.8. The summed E-state index contributed by atoms with van der Waals surface area (Å²) in [7, 11) is -3.51. The first-order valence-electron chi connectivity index (χ1n) is 9.34. The van der Waals surface area contributed by atoms with Gasteiger partial charge in [0.2, 0.25) is 10.0 Å². The van der Waals surface area contributed by atoms with E-state index in [2.05, 4.69) is 21.2 Å². The maximum atomic E-state index is 12.8. The highest BCUT2D eigenvalue weighted by molar-refractivity contribution is 9.10. The van der Waals surface area contributed by atoms with E-state index < -0.39 is 10.0 Å². The predicted octanol–water partition coefficient (Wildman–Crippen LogP) is 4.68. The third-order valence-corrected chi connectivity index (χ3v) is 7.30. The predicted molar refractivity (Wildman–Crippen MR) is 117 cm³/mol. The number of rotatable bonds is 6. The molecule has 9 heteroatoms. The first kappa shape index (κ1) is 22.1. The van der Waals surface area contributed by atoms with E-state index in [1.54, 1.807) is 34.6 Å². The van der Waals surface area contributed by atoms with Crippen LogP contribution < -0.4 is 10.1 Å². The number of anilines is 1. The van der Waals surface area contributed by atoms with Crippen LogP contribution in [0.25, 0.3) is 0 Å². The molecule has 6 nitrogen and oxygen atoms in total. The van der Waals surface area contributed by atoms with Crippen molar-refractivity contribution in [3.8, 4) is 5.75 Å². The quantitative estimate of drug-likeness (QED) is 0.623. The van der Waals surface area contributed by atoms with Crippen LogP contribution in [0.15, 0.2) is 51.8 Å². The van der Waals surface area contributed by atoms with Crippen molar-refractivity contribution < 1.29 is 17.9 Å². The summed E-state index contributed by atoms with van der Waals surface area (Å²) in [6.45, 7) is 0.892. The van der Waals surface area contributed by atoms with Crippen molar-refractivity contribution in [3.05, 3.63) is 52.0 Å². The van der Waals surface area contributed by atoms with Crippen molar-refractivity contribution in [1.29, 1.82) is 0 Å². The zero-order valence-electron chi connectivity index (χ0n) is 15.7. The molecule has 0 saturated carbocycles. The number of carbonyl (C=O) groups excluding carboxylic acids is 1. The third-order valence-electron chi connectivity index (χ3n) is 4.59. The lowest BCUT2D eigenvalue weighted by molar-refractivity contribution is -0.118. The van der Waals surface area contributed by atoms with Crippen LogP contribution in [0.4, 0.5) is 5.69 Å². The molecular formula is C20H22BrClN2O4S. The Labute approximate surface area is 184 Å². The van der Waals surface area contributed by atoms with Gasteiger partial charge in [-0.15, -0.1) is 0 Å². The number of nitrogens with one attached hydrogen (secondary N) is 1. The smallest absolute Gasteiger partial charge is 0.262 e. The molecule has 0 radical (unpaired) electrons. The molecule has 1 fully saturated rings. The zero-order chi connectivity index (χ0) is 20.9. The van der Waals surface area contributed by atoms with Crippen LogP contribution in [0, 0.1) is 0 Å². The number of sulfonamides is 1. The number of nitrogens with zero attached hydrogens (tertiary/aromatic N) is 1. The summed E-state index contributed by atoms with van der Waals surface area (Å²) < 4.78 is 33.4. The largest absolute Gasteiger partial charge is 0.482 e. The number of amides is 1. The number of ether oxygens (including phenoxy) is 1. The van der Waals surface area contributed by atoms with Crippen LogP contribution in [0.5, 0.6) is 5.75 Å². The van der Waals surface area contributed by atoms with Crippen LogP contribution >= 0.6 is 27.5 Å². The Balaban J connectivity index is 1.58. The summed E-state index contributed by atoms with van der Waals surface area (Å²) in [5.74, 6) is 0.0380. The molecule has 1 N–H and O–H groups in total. The van der Waals surface area contributed by atoms with Gasteiger partial charge in [-0.05, 0) is 55.3 Å². The molecule has 1 aliphatic rings. The Morgan fingerprint density at radius 1 is 1.07 bits per heavy atom. The molecule has 2 aromatic carbocycles. The molecule has 1 saturated heterocycles. The van der Waals surface area contributed by atoms with Crippen LogP contribution in [-0.4, -0.2) is 38.3 Å². The van der Waals surface area contributed by atoms with Gasteiger partial charge in [-0.25, -0.2) is 8.42 Å². The molecule has 1 amide bonds. The first-order chi connectivity index (χ1) is 13.9. The minimum atomic E-state index is -3.51. The molecule has 0 spiro atoms. The average molecular weight is 502 g/mol. The lowest BCUT2D eigenvalue weighted by atomic mass is 10.2. The van der Waals surface area contributed by atoms with E-state index in [4.69, 9.17) is 16.3 Å². The van der Waals surface area contributed by atoms with Crippen LogP contribution in [0.3, 0.4) is 0 Å². The topological polar surface area (TPSA) is 75.7 Å². The Bertz CT molecular complexity index is 959. The first-order valence-corrected chi connectivity index (χ1v) is 12.0. The second kappa shape index (κ2) is 9.93. The number of hydrogen-bond acceptors (Lipinski definition) is 4. The molecular weight excluding hydrogens is 480 g/mol. The highest BCUT2D eigenvalue weighted by Crippen LogP contribution is 2.27. The van der Waals surface area contributed by atoms with Crippen molar-refractivity contribution in [2.24, 2.45) is 0 Å². The standard InChI is InChI=1S/C20H22BrClN2O4S/c21-15-5-10-19(18(22)13-15)28-14-20(25)23-16-6-8-17(9-7-16)29(26,27)24-11-3-1-2-4-12-24/h5-10,13H,1-4,11-12,14H2,(H,23,25). The van der Waals surface area contributed by atoms with E-state index in [1.165, 1.54) is 12.1 Å². The molecule has 1 aliphatic heterocycles. The van der Waals surface area contributed by atoms with Gasteiger partial charge in [0.05, 0.1) is 9.92 Å². The van der Waals surface area contributed by atoms with Crippen LogP contribution in [0.2, 0.25) is 5.02 Å². The van der Waals surface area contributed by atoms with E-state index >= 15 is 0 Å². The Kier molecular flexibility index (Phi) is 7.56. The van der Waals surface area contributed by atoms with Crippen LogP contribution in [0.1, 0.15) is 25.7 Å². The zero-order valence-corrected chi connectivity index (χ0v) is 18.9. The van der Waals surface area contributed by atoms with Gasteiger partial charge in [0.15, 0.2) is 6.61 Å². The van der Waals surface area contributed by atoms with Gasteiger partial charge in [-0.2, -0.15) is 4.31 Å². The Hall–Kier alpha value is -1.61. The fourth-order valence-corrected chi connectivity index (χ4v) is 5.32. The number of hydrogen-bond donors (Lipinski definition) is 1. The third kappa shape index (κ3) is 5.94. The summed E-state index contributed by atoms with van der Waals surface area (Å²) >= 11 is 9.36. The normalized spacial score (nSPS) is 15.5. The van der Waals surface area contributed by atoms with Crippen molar-refractivity contribution in [3.63, 3.8) is 0 Å². The van der Waals surface area contributed by atoms with Crippen molar-refractivity contribution >= 4 is 49.1 Å². The van der Waals surface area contributed by atoms with Gasteiger partial charge >= 0.3 is 0 Å². The fourth-order valence-electron chi connectivity index (χ4n) is 3.07. The Morgan fingerprint density at radius 3 is 2.34 bits per heavy atom. The number of halogens is 2. The van der Waals surface area contributed by atoms with Crippen molar-refractivity contribution in [2.75, 3.05) is 25.0 Å². The van der Waals surface area contributed by atoms with E-state index in [-0.39, 0.29) is 17.4 Å². The van der Waals surface area contributed by atoms with Crippen molar-refractivity contribution in [1.82, 2.24) is 4.31 Å². The van der Waals surface area contributed by atoms with E-state index in [0.29, 0.717) is 29.5 Å². The highest BCUT2D eigenvalue weighted by Gasteiger charge is 2.25. The summed E-state index contributed by atoms with van der Waals surface area (Å²) in [5.41, 5.74) is 0.496. The second-order valence-electron chi connectivity index (χ2n) is 6.75. The lowest BCUT2D eigenvalue weighted by Crippen LogP contribution is -2.31. The van der Waals surface area contributed by atoms with Gasteiger partial charge in [0.1, 0.15) is 5.75 Å². The van der Waals surface area contributed by atoms with Gasteiger partial charge in [-0.3, -0.25) is 4.79 Å². The molecule has 156 valence electrons. The van der Waals surface area contributed by atoms with E-state index in [0.717, 1.165) is 30.2 Å². The lowest BCUT2D eigenvalue weighted by Gasteiger charge is -2.20. The molecule has 0 aromatic heterocycles. The van der Waals surface area contributed by atoms with Gasteiger partial charge < -0.3 is 10.1 Å². The fraction of sp³-hybridized carbons (Fsp3) is 0.350. The highest BCUT2D eigenvalue weighted by atomic mass is 79.9. The van der Waals surface area contributed by atoms with Gasteiger partial charge in [0.25, 0.3) is 5.91 Å². The number of carbonyl (C=O) groups is 1. The molecule has 29 heavy (non-hydrogen) atoms. The second-order valence-corrected chi connectivity index (χ2v) is 10.0. The molecule has 3 rings (SSSR count). The minimum Gasteiger partial charge on any atom is -0.482 e. The van der Waals surface area contributed by atoms with Crippen LogP contribution in [-0.2, 0) is 14.8 Å². The Morgan fingerprint density at radius 2 is 1.72 bits per heavy atom. The molecule has 0 bridgehead atoms. The molecule has 0 atom stereocenters. The van der Waals surface area contributed by atoms with E-state index in [9.17, 15) is 13.2 Å². The van der Waals surface area contributed by atoms with E-state index in [1.807, 2.05) is 0 Å². The summed E-state index contributed by atoms with van der Waals surface area (Å²) in [6.07, 6.45) is 3.89. The SMILES string of the molecule is O=C(COc1ccc(Br)cc1Cl)Nc1ccc(S(=O)(=O)N2CCCCCC2)cc1. The average Bonchev–Trinajstić information content (AvgIpc) is 2.98. The summed E-state index contributed by atoms with van der Waals surface area (Å²) in [4.78, 5) is 12.3. The maximum Gasteiger partial charge on any atom is 0.262 e. The monoisotopic (exact) mass is 500 g/mol. The summed E-state index contributed by atoms with van der Waals surface area (Å²) in [6, 6.07) is 11.3. The molecule has 0 unspecified atom stereocenters. The van der Waals surface area contributed by atoms with Gasteiger partial charge in [-0.1, -0.05) is 40.4 Å². The van der Waals surface area contributed by atoms with Gasteiger partial charge in [0, 0.05) is 23.2 Å². The molecule has 2 aromatic rings. The minimum absolute atomic E-state index is 0.213. The van der Waals surface area contributed by atoms with Crippen molar-refractivity contribution in [2.45, 2.75) is 30.6 Å². The summed E-state index contributed by atoms with van der Waals surface area (Å²) in [5, 5.41) is 3.08. The molecule has 0 aliphatic carbocycles.